The quantitative estimate of drug-likeness (QED) is 0.291. The van der Waals surface area contributed by atoms with Gasteiger partial charge >= 0.3 is 5.97 Å². The lowest BCUT2D eigenvalue weighted by molar-refractivity contribution is 0.0734. The van der Waals surface area contributed by atoms with E-state index in [0.29, 0.717) is 29.4 Å². The van der Waals surface area contributed by atoms with Gasteiger partial charge in [-0.05, 0) is 80.1 Å². The fourth-order valence-corrected chi connectivity index (χ4v) is 2.38. The van der Waals surface area contributed by atoms with Crippen molar-refractivity contribution >= 4 is 5.97 Å². The van der Waals surface area contributed by atoms with Gasteiger partial charge in [0, 0.05) is 0 Å². The lowest BCUT2D eigenvalue weighted by Crippen LogP contribution is -2.08. The van der Waals surface area contributed by atoms with Crippen molar-refractivity contribution in [3.63, 3.8) is 0 Å². The largest absolute Gasteiger partial charge is 0.489 e. The average Bonchev–Trinajstić information content (AvgIpc) is 2.70. The average molecular weight is 374 g/mol. The topological polar surface area (TPSA) is 44.8 Å². The van der Waals surface area contributed by atoms with Crippen LogP contribution in [0, 0.1) is 6.92 Å². The molecule has 0 aromatic heterocycles. The SMILES string of the molecule is C=C(C)COc1ccc(C(=O)Oc2ccc(Oc3ccc(C)cc3)cc2)cc1. The molecule has 4 nitrogen and oxygen atoms in total. The standard InChI is InChI=1S/C24H22O4/c1-17(2)16-26-20-10-6-19(7-11-20)24(25)28-23-14-12-22(13-15-23)27-21-8-4-18(3)5-9-21/h4-15H,1,16H2,2-3H3. The highest BCUT2D eigenvalue weighted by Gasteiger charge is 2.09. The molecule has 0 saturated heterocycles. The Morgan fingerprint density at radius 2 is 1.29 bits per heavy atom. The summed E-state index contributed by atoms with van der Waals surface area (Å²) in [6.07, 6.45) is 0. The van der Waals surface area contributed by atoms with Gasteiger partial charge in [0.05, 0.1) is 5.56 Å². The first-order valence-corrected chi connectivity index (χ1v) is 8.93. The molecule has 0 spiro atoms. The van der Waals surface area contributed by atoms with Gasteiger partial charge in [0.1, 0.15) is 29.6 Å². The van der Waals surface area contributed by atoms with Gasteiger partial charge in [-0.15, -0.1) is 0 Å². The number of aryl methyl sites for hydroxylation is 1. The minimum atomic E-state index is -0.432. The van der Waals surface area contributed by atoms with E-state index < -0.39 is 5.97 Å². The summed E-state index contributed by atoms with van der Waals surface area (Å²) in [7, 11) is 0. The maximum atomic E-state index is 12.3. The van der Waals surface area contributed by atoms with Crippen LogP contribution in [0.25, 0.3) is 0 Å². The van der Waals surface area contributed by atoms with E-state index in [-0.39, 0.29) is 0 Å². The second-order valence-corrected chi connectivity index (χ2v) is 6.55. The van der Waals surface area contributed by atoms with Crippen LogP contribution in [0.15, 0.2) is 84.9 Å². The zero-order valence-corrected chi connectivity index (χ0v) is 16.0. The van der Waals surface area contributed by atoms with Crippen LogP contribution < -0.4 is 14.2 Å². The van der Waals surface area contributed by atoms with Crippen molar-refractivity contribution in [3.05, 3.63) is 96.1 Å². The predicted octanol–water partition coefficient (Wildman–Crippen LogP) is 5.96. The van der Waals surface area contributed by atoms with E-state index in [9.17, 15) is 4.79 Å². The first-order chi connectivity index (χ1) is 13.5. The fourth-order valence-electron chi connectivity index (χ4n) is 2.38. The number of rotatable bonds is 7. The van der Waals surface area contributed by atoms with E-state index >= 15 is 0 Å². The molecule has 0 heterocycles. The van der Waals surface area contributed by atoms with Gasteiger partial charge in [0.15, 0.2) is 0 Å². The van der Waals surface area contributed by atoms with Crippen LogP contribution in [-0.2, 0) is 0 Å². The van der Waals surface area contributed by atoms with Gasteiger partial charge in [0.25, 0.3) is 0 Å². The van der Waals surface area contributed by atoms with Crippen LogP contribution >= 0.6 is 0 Å². The first-order valence-electron chi connectivity index (χ1n) is 8.93. The third-order valence-corrected chi connectivity index (χ3v) is 3.87. The normalized spacial score (nSPS) is 10.2. The van der Waals surface area contributed by atoms with Crippen LogP contribution in [-0.4, -0.2) is 12.6 Å². The van der Waals surface area contributed by atoms with Crippen LogP contribution in [0.4, 0.5) is 0 Å². The monoisotopic (exact) mass is 374 g/mol. The van der Waals surface area contributed by atoms with Gasteiger partial charge in [-0.25, -0.2) is 4.79 Å². The number of hydrogen-bond acceptors (Lipinski definition) is 4. The van der Waals surface area contributed by atoms with E-state index in [1.54, 1.807) is 48.5 Å². The summed E-state index contributed by atoms with van der Waals surface area (Å²) in [5.74, 6) is 2.12. The first kappa shape index (κ1) is 19.2. The molecule has 3 rings (SSSR count). The molecule has 0 saturated carbocycles. The molecular weight excluding hydrogens is 352 g/mol. The molecule has 0 amide bonds. The molecule has 0 aliphatic carbocycles. The zero-order valence-electron chi connectivity index (χ0n) is 16.0. The van der Waals surface area contributed by atoms with Crippen molar-refractivity contribution in [1.82, 2.24) is 0 Å². The Labute approximate surface area is 165 Å². The van der Waals surface area contributed by atoms with E-state index in [2.05, 4.69) is 6.58 Å². The Bertz CT molecular complexity index is 939. The molecular formula is C24H22O4. The Hall–Kier alpha value is -3.53. The van der Waals surface area contributed by atoms with Crippen LogP contribution in [0.3, 0.4) is 0 Å². The van der Waals surface area contributed by atoms with E-state index in [0.717, 1.165) is 11.3 Å². The lowest BCUT2D eigenvalue weighted by Gasteiger charge is -2.09. The van der Waals surface area contributed by atoms with Crippen molar-refractivity contribution < 1.29 is 19.0 Å². The number of esters is 1. The second kappa shape index (κ2) is 8.91. The summed E-state index contributed by atoms with van der Waals surface area (Å²) in [5, 5.41) is 0. The van der Waals surface area contributed by atoms with Crippen molar-refractivity contribution in [3.8, 4) is 23.0 Å². The molecule has 0 bridgehead atoms. The van der Waals surface area contributed by atoms with Gasteiger partial charge in [-0.3, -0.25) is 0 Å². The maximum absolute atomic E-state index is 12.3. The molecule has 3 aromatic carbocycles. The highest BCUT2D eigenvalue weighted by Crippen LogP contribution is 2.24. The minimum Gasteiger partial charge on any atom is -0.489 e. The fraction of sp³-hybridized carbons (Fsp3) is 0.125. The molecule has 3 aromatic rings. The molecule has 0 aliphatic heterocycles. The maximum Gasteiger partial charge on any atom is 0.343 e. The van der Waals surface area contributed by atoms with Crippen LogP contribution in [0.1, 0.15) is 22.8 Å². The van der Waals surface area contributed by atoms with Crippen LogP contribution in [0.2, 0.25) is 0 Å². The highest BCUT2D eigenvalue weighted by atomic mass is 16.5. The van der Waals surface area contributed by atoms with E-state index in [1.807, 2.05) is 38.1 Å². The number of ether oxygens (including phenoxy) is 3. The number of carbonyl (C=O) groups excluding carboxylic acids is 1. The van der Waals surface area contributed by atoms with E-state index in [1.165, 1.54) is 5.56 Å². The number of carbonyl (C=O) groups is 1. The third kappa shape index (κ3) is 5.48. The van der Waals surface area contributed by atoms with Crippen molar-refractivity contribution in [2.24, 2.45) is 0 Å². The molecule has 0 fully saturated rings. The molecule has 0 radical (unpaired) electrons. The van der Waals surface area contributed by atoms with Crippen molar-refractivity contribution in [1.29, 1.82) is 0 Å². The van der Waals surface area contributed by atoms with Crippen molar-refractivity contribution in [2.45, 2.75) is 13.8 Å². The summed E-state index contributed by atoms with van der Waals surface area (Å²) >= 11 is 0. The summed E-state index contributed by atoms with van der Waals surface area (Å²) in [6.45, 7) is 8.15. The van der Waals surface area contributed by atoms with Gasteiger partial charge < -0.3 is 14.2 Å². The molecule has 4 heteroatoms. The van der Waals surface area contributed by atoms with Crippen molar-refractivity contribution in [2.75, 3.05) is 6.61 Å². The Morgan fingerprint density at radius 1 is 0.786 bits per heavy atom. The number of benzene rings is 3. The third-order valence-electron chi connectivity index (χ3n) is 3.87. The Balaban J connectivity index is 1.58. The molecule has 0 N–H and O–H groups in total. The van der Waals surface area contributed by atoms with Gasteiger partial charge in [-0.1, -0.05) is 24.3 Å². The lowest BCUT2D eigenvalue weighted by atomic mass is 10.2. The summed E-state index contributed by atoms with van der Waals surface area (Å²) in [6, 6.07) is 21.5. The molecule has 142 valence electrons. The zero-order chi connectivity index (χ0) is 19.9. The predicted molar refractivity (Wildman–Crippen MR) is 109 cm³/mol. The number of hydrogen-bond donors (Lipinski definition) is 0. The summed E-state index contributed by atoms with van der Waals surface area (Å²) < 4.78 is 16.7. The van der Waals surface area contributed by atoms with Gasteiger partial charge in [0.2, 0.25) is 0 Å². The Morgan fingerprint density at radius 3 is 1.86 bits per heavy atom. The molecule has 0 aliphatic rings. The van der Waals surface area contributed by atoms with Crippen LogP contribution in [0.5, 0.6) is 23.0 Å². The minimum absolute atomic E-state index is 0.432. The second-order valence-electron chi connectivity index (χ2n) is 6.55. The molecule has 0 atom stereocenters. The summed E-state index contributed by atoms with van der Waals surface area (Å²) in [5.41, 5.74) is 2.55. The Kier molecular flexibility index (Phi) is 6.12. The van der Waals surface area contributed by atoms with Gasteiger partial charge in [-0.2, -0.15) is 0 Å². The highest BCUT2D eigenvalue weighted by molar-refractivity contribution is 5.91. The molecule has 0 unspecified atom stereocenters. The summed E-state index contributed by atoms with van der Waals surface area (Å²) in [4.78, 5) is 12.3. The smallest absolute Gasteiger partial charge is 0.343 e. The van der Waals surface area contributed by atoms with E-state index in [4.69, 9.17) is 14.2 Å². The molecule has 28 heavy (non-hydrogen) atoms.